The van der Waals surface area contributed by atoms with E-state index in [9.17, 15) is 4.79 Å². The van der Waals surface area contributed by atoms with Crippen molar-refractivity contribution in [1.29, 1.82) is 0 Å². The van der Waals surface area contributed by atoms with E-state index in [4.69, 9.17) is 5.73 Å². The van der Waals surface area contributed by atoms with Gasteiger partial charge in [0.2, 0.25) is 0 Å². The second-order valence-corrected chi connectivity index (χ2v) is 3.02. The van der Waals surface area contributed by atoms with E-state index in [0.717, 1.165) is 17.7 Å². The highest BCUT2D eigenvalue weighted by molar-refractivity contribution is 5.93. The van der Waals surface area contributed by atoms with Gasteiger partial charge >= 0.3 is 0 Å². The molecular formula is C9H13NO. The molecule has 0 bridgehead atoms. The molecule has 1 atom stereocenters. The van der Waals surface area contributed by atoms with Crippen molar-refractivity contribution >= 4 is 5.78 Å². The molecule has 0 heterocycles. The molecule has 0 spiro atoms. The zero-order chi connectivity index (χ0) is 8.43. The van der Waals surface area contributed by atoms with Gasteiger partial charge in [-0.1, -0.05) is 13.0 Å². The van der Waals surface area contributed by atoms with Gasteiger partial charge < -0.3 is 5.73 Å². The zero-order valence-corrected chi connectivity index (χ0v) is 6.92. The van der Waals surface area contributed by atoms with Crippen LogP contribution >= 0.6 is 0 Å². The van der Waals surface area contributed by atoms with E-state index in [1.54, 1.807) is 6.92 Å². The second-order valence-electron chi connectivity index (χ2n) is 3.02. The number of hydrogen-bond donors (Lipinski definition) is 1. The second kappa shape index (κ2) is 2.91. The Bertz CT molecular complexity index is 238. The summed E-state index contributed by atoms with van der Waals surface area (Å²) in [6.07, 6.45) is 4.43. The summed E-state index contributed by atoms with van der Waals surface area (Å²) in [5.74, 6) is 0.472. The van der Waals surface area contributed by atoms with Crippen LogP contribution in [0.25, 0.3) is 0 Å². The number of carbonyl (C=O) groups is 1. The van der Waals surface area contributed by atoms with E-state index >= 15 is 0 Å². The molecule has 2 nitrogen and oxygen atoms in total. The number of rotatable bonds is 1. The van der Waals surface area contributed by atoms with Crippen molar-refractivity contribution < 1.29 is 4.79 Å². The number of nitrogens with two attached hydrogens (primary N) is 1. The fourth-order valence-electron chi connectivity index (χ4n) is 1.14. The lowest BCUT2D eigenvalue weighted by atomic mass is 9.91. The van der Waals surface area contributed by atoms with Crippen LogP contribution in [0.4, 0.5) is 0 Å². The molecule has 1 aliphatic carbocycles. The van der Waals surface area contributed by atoms with Gasteiger partial charge in [0.25, 0.3) is 0 Å². The van der Waals surface area contributed by atoms with Crippen LogP contribution in [0.1, 0.15) is 20.3 Å². The molecule has 0 amide bonds. The highest BCUT2D eigenvalue weighted by atomic mass is 16.1. The van der Waals surface area contributed by atoms with E-state index in [0.29, 0.717) is 5.92 Å². The van der Waals surface area contributed by atoms with Gasteiger partial charge in [0.15, 0.2) is 5.78 Å². The number of hydrogen-bond acceptors (Lipinski definition) is 2. The van der Waals surface area contributed by atoms with Crippen LogP contribution < -0.4 is 5.73 Å². The van der Waals surface area contributed by atoms with Crippen molar-refractivity contribution in [3.63, 3.8) is 0 Å². The topological polar surface area (TPSA) is 43.1 Å². The van der Waals surface area contributed by atoms with Crippen LogP contribution in [-0.2, 0) is 4.79 Å². The van der Waals surface area contributed by atoms with E-state index in [2.05, 4.69) is 0 Å². The van der Waals surface area contributed by atoms with Gasteiger partial charge in [-0.2, -0.15) is 0 Å². The molecule has 60 valence electrons. The zero-order valence-electron chi connectivity index (χ0n) is 6.92. The molecule has 1 aliphatic rings. The number of allylic oxidation sites excluding steroid dienone is 4. The lowest BCUT2D eigenvalue weighted by molar-refractivity contribution is -0.113. The van der Waals surface area contributed by atoms with Crippen LogP contribution in [0.5, 0.6) is 0 Å². The summed E-state index contributed by atoms with van der Waals surface area (Å²) in [5, 5.41) is 0. The smallest absolute Gasteiger partial charge is 0.155 e. The molecule has 11 heavy (non-hydrogen) atoms. The summed E-state index contributed by atoms with van der Waals surface area (Å²) in [6.45, 7) is 3.62. The maximum absolute atomic E-state index is 10.9. The Balaban J connectivity index is 2.82. The fraction of sp³-hybridized carbons (Fsp3) is 0.444. The van der Waals surface area contributed by atoms with Crippen LogP contribution in [0.15, 0.2) is 23.4 Å². The van der Waals surface area contributed by atoms with E-state index < -0.39 is 0 Å². The molecule has 2 heteroatoms. The molecule has 0 radical (unpaired) electrons. The molecular weight excluding hydrogens is 138 g/mol. The summed E-state index contributed by atoms with van der Waals surface area (Å²) in [7, 11) is 0. The van der Waals surface area contributed by atoms with Crippen molar-refractivity contribution in [3.05, 3.63) is 23.4 Å². The van der Waals surface area contributed by atoms with Gasteiger partial charge in [0.05, 0.1) is 0 Å². The standard InChI is InChI=1S/C9H13NO/c1-6-5-8(7(2)11)3-4-9(6)10/h3-4,6H,5,10H2,1-2H3. The van der Waals surface area contributed by atoms with Crippen molar-refractivity contribution in [2.75, 3.05) is 0 Å². The summed E-state index contributed by atoms with van der Waals surface area (Å²) in [5.41, 5.74) is 7.40. The Labute approximate surface area is 66.8 Å². The number of Topliss-reactive ketones (excluding diaryl/α,β-unsaturated/α-hetero) is 1. The third kappa shape index (κ3) is 1.70. The predicted molar refractivity (Wildman–Crippen MR) is 44.8 cm³/mol. The Morgan fingerprint density at radius 1 is 1.64 bits per heavy atom. The van der Waals surface area contributed by atoms with E-state index in [1.807, 2.05) is 19.1 Å². The minimum atomic E-state index is 0.153. The normalized spacial score (nSPS) is 24.0. The highest BCUT2D eigenvalue weighted by Gasteiger charge is 2.14. The van der Waals surface area contributed by atoms with Gasteiger partial charge in [-0.05, 0) is 30.9 Å². The molecule has 0 aromatic heterocycles. The average Bonchev–Trinajstić information content (AvgIpc) is 1.94. The third-order valence-corrected chi connectivity index (χ3v) is 2.02. The van der Waals surface area contributed by atoms with Crippen molar-refractivity contribution in [2.24, 2.45) is 11.7 Å². The maximum Gasteiger partial charge on any atom is 0.155 e. The Morgan fingerprint density at radius 2 is 2.27 bits per heavy atom. The average molecular weight is 151 g/mol. The van der Waals surface area contributed by atoms with E-state index in [-0.39, 0.29) is 5.78 Å². The monoisotopic (exact) mass is 151 g/mol. The van der Waals surface area contributed by atoms with Gasteiger partial charge in [0.1, 0.15) is 0 Å². The molecule has 0 fully saturated rings. The molecule has 0 aromatic carbocycles. The fourth-order valence-corrected chi connectivity index (χ4v) is 1.14. The summed E-state index contributed by atoms with van der Waals surface area (Å²) in [4.78, 5) is 10.9. The maximum atomic E-state index is 10.9. The van der Waals surface area contributed by atoms with Crippen molar-refractivity contribution in [3.8, 4) is 0 Å². The molecule has 0 saturated carbocycles. The van der Waals surface area contributed by atoms with Crippen molar-refractivity contribution in [1.82, 2.24) is 0 Å². The molecule has 0 saturated heterocycles. The lowest BCUT2D eigenvalue weighted by Crippen LogP contribution is -2.14. The third-order valence-electron chi connectivity index (χ3n) is 2.02. The highest BCUT2D eigenvalue weighted by Crippen LogP contribution is 2.21. The predicted octanol–water partition coefficient (Wildman–Crippen LogP) is 1.38. The van der Waals surface area contributed by atoms with E-state index in [1.165, 1.54) is 0 Å². The number of carbonyl (C=O) groups excluding carboxylic acids is 1. The summed E-state index contributed by atoms with van der Waals surface area (Å²) < 4.78 is 0. The largest absolute Gasteiger partial charge is 0.402 e. The van der Waals surface area contributed by atoms with Gasteiger partial charge in [-0.3, -0.25) is 4.79 Å². The molecule has 0 aromatic rings. The summed E-state index contributed by atoms with van der Waals surface area (Å²) in [6, 6.07) is 0. The van der Waals surface area contributed by atoms with Gasteiger partial charge in [-0.15, -0.1) is 0 Å². The minimum absolute atomic E-state index is 0.153. The number of ketones is 1. The molecule has 2 N–H and O–H groups in total. The first-order valence-electron chi connectivity index (χ1n) is 3.78. The van der Waals surface area contributed by atoms with Crippen LogP contribution in [0.2, 0.25) is 0 Å². The van der Waals surface area contributed by atoms with Crippen LogP contribution in [0, 0.1) is 5.92 Å². The molecule has 1 unspecified atom stereocenters. The first-order chi connectivity index (χ1) is 5.11. The Morgan fingerprint density at radius 3 is 2.73 bits per heavy atom. The van der Waals surface area contributed by atoms with Crippen LogP contribution in [-0.4, -0.2) is 5.78 Å². The Kier molecular flexibility index (Phi) is 2.13. The molecule has 1 rings (SSSR count). The first-order valence-corrected chi connectivity index (χ1v) is 3.78. The Hall–Kier alpha value is -1.05. The van der Waals surface area contributed by atoms with Crippen LogP contribution in [0.3, 0.4) is 0 Å². The molecule has 0 aliphatic heterocycles. The minimum Gasteiger partial charge on any atom is -0.402 e. The summed E-state index contributed by atoms with van der Waals surface area (Å²) >= 11 is 0. The SMILES string of the molecule is CC(=O)C1=CC=C(N)C(C)C1. The van der Waals surface area contributed by atoms with Gasteiger partial charge in [0, 0.05) is 5.70 Å². The quantitative estimate of drug-likeness (QED) is 0.615. The lowest BCUT2D eigenvalue weighted by Gasteiger charge is -2.16. The van der Waals surface area contributed by atoms with Crippen molar-refractivity contribution in [2.45, 2.75) is 20.3 Å². The van der Waals surface area contributed by atoms with Gasteiger partial charge in [-0.25, -0.2) is 0 Å². The first kappa shape index (κ1) is 8.05.